The van der Waals surface area contributed by atoms with Crippen LogP contribution in [0, 0.1) is 0 Å². The number of carboxylic acids is 2. The Hall–Kier alpha value is -1.10. The molecule has 0 saturated heterocycles. The minimum absolute atomic E-state index is 0. The summed E-state index contributed by atoms with van der Waals surface area (Å²) in [5.41, 5.74) is -0.727. The average molecular weight is 272 g/mol. The van der Waals surface area contributed by atoms with Crippen LogP contribution in [0.4, 0.5) is 0 Å². The first kappa shape index (κ1) is 11.9. The molecule has 0 spiro atoms. The maximum absolute atomic E-state index is 10.3. The van der Waals surface area contributed by atoms with E-state index in [2.05, 4.69) is 0 Å². The van der Waals surface area contributed by atoms with E-state index in [0.717, 1.165) is 12.1 Å². The number of aromatic carboxylic acids is 2. The molecule has 1 aromatic rings. The normalized spacial score (nSPS) is 8.62. The predicted molar refractivity (Wildman–Crippen MR) is 35.1 cm³/mol. The zero-order chi connectivity index (χ0) is 9.14. The maximum atomic E-state index is 10.3. The van der Waals surface area contributed by atoms with Gasteiger partial charge >= 0.3 is 0 Å². The van der Waals surface area contributed by atoms with E-state index in [1.165, 1.54) is 12.1 Å². The molecule has 0 saturated carbocycles. The van der Waals surface area contributed by atoms with Crippen molar-refractivity contribution in [3.8, 4) is 0 Å². The van der Waals surface area contributed by atoms with Gasteiger partial charge in [0.25, 0.3) is 0 Å². The molecule has 1 rings (SSSR count). The standard InChI is InChI=1S/C8H6O4.Ag/c9-7(10)5-3-1-2-4-6(5)8(11)12;/h1-4H,(H,9,10)(H,11,12);/p-2. The molecule has 0 aliphatic carbocycles. The molecule has 1 aromatic carbocycles. The summed E-state index contributed by atoms with van der Waals surface area (Å²) >= 11 is 0. The van der Waals surface area contributed by atoms with Crippen LogP contribution in [0.2, 0.25) is 0 Å². The van der Waals surface area contributed by atoms with Crippen LogP contribution in [0.25, 0.3) is 0 Å². The van der Waals surface area contributed by atoms with Crippen molar-refractivity contribution in [3.63, 3.8) is 0 Å². The molecule has 0 fully saturated rings. The van der Waals surface area contributed by atoms with Crippen LogP contribution in [-0.2, 0) is 22.4 Å². The predicted octanol–water partition coefficient (Wildman–Crippen LogP) is -1.59. The van der Waals surface area contributed by atoms with Crippen LogP contribution in [0.3, 0.4) is 0 Å². The van der Waals surface area contributed by atoms with Gasteiger partial charge in [-0.2, -0.15) is 0 Å². The topological polar surface area (TPSA) is 80.3 Å². The van der Waals surface area contributed by atoms with E-state index in [9.17, 15) is 19.8 Å². The number of rotatable bonds is 2. The molecule has 0 unspecified atom stereocenters. The van der Waals surface area contributed by atoms with Gasteiger partial charge in [0.1, 0.15) is 0 Å². The van der Waals surface area contributed by atoms with Crippen molar-refractivity contribution < 1.29 is 42.2 Å². The summed E-state index contributed by atoms with van der Waals surface area (Å²) in [7, 11) is 0. The van der Waals surface area contributed by atoms with Crippen LogP contribution in [0.5, 0.6) is 0 Å². The zero-order valence-corrected chi connectivity index (χ0v) is 7.73. The van der Waals surface area contributed by atoms with Gasteiger partial charge in [-0.25, -0.2) is 0 Å². The molecule has 0 aromatic heterocycles. The van der Waals surface area contributed by atoms with E-state index in [4.69, 9.17) is 0 Å². The molecule has 0 amide bonds. The molecule has 0 bridgehead atoms. The SMILES string of the molecule is O=C([O-])c1ccccc1C(=O)[O-].[Ag]. The van der Waals surface area contributed by atoms with Crippen molar-refractivity contribution in [1.29, 1.82) is 0 Å². The summed E-state index contributed by atoms with van der Waals surface area (Å²) in [5, 5.41) is 20.6. The second kappa shape index (κ2) is 4.81. The first-order valence-electron chi connectivity index (χ1n) is 3.14. The first-order valence-corrected chi connectivity index (χ1v) is 3.14. The minimum Gasteiger partial charge on any atom is -0.545 e. The van der Waals surface area contributed by atoms with E-state index in [1.54, 1.807) is 0 Å². The molecule has 0 aliphatic heterocycles. The zero-order valence-electron chi connectivity index (χ0n) is 6.24. The third-order valence-corrected chi connectivity index (χ3v) is 1.37. The Morgan fingerprint density at radius 2 is 1.23 bits per heavy atom. The van der Waals surface area contributed by atoms with Crippen molar-refractivity contribution in [3.05, 3.63) is 35.4 Å². The van der Waals surface area contributed by atoms with Crippen LogP contribution in [0.15, 0.2) is 24.3 Å². The molecule has 5 heteroatoms. The van der Waals surface area contributed by atoms with E-state index < -0.39 is 11.9 Å². The number of carboxylic acid groups (broad SMARTS) is 2. The van der Waals surface area contributed by atoms with Crippen LogP contribution < -0.4 is 10.2 Å². The van der Waals surface area contributed by atoms with Crippen molar-refractivity contribution >= 4 is 11.9 Å². The molecular weight excluding hydrogens is 268 g/mol. The van der Waals surface area contributed by atoms with Crippen LogP contribution >= 0.6 is 0 Å². The Balaban J connectivity index is 0.00000144. The van der Waals surface area contributed by atoms with Gasteiger partial charge < -0.3 is 19.8 Å². The van der Waals surface area contributed by atoms with Crippen LogP contribution in [-0.4, -0.2) is 11.9 Å². The van der Waals surface area contributed by atoms with Crippen molar-refractivity contribution in [2.45, 2.75) is 0 Å². The summed E-state index contributed by atoms with van der Waals surface area (Å²) in [4.78, 5) is 20.6. The third-order valence-electron chi connectivity index (χ3n) is 1.37. The van der Waals surface area contributed by atoms with Gasteiger partial charge in [0.05, 0.1) is 11.9 Å². The smallest absolute Gasteiger partial charge is 0.0721 e. The Labute approximate surface area is 89.7 Å². The molecule has 13 heavy (non-hydrogen) atoms. The van der Waals surface area contributed by atoms with E-state index in [1.807, 2.05) is 0 Å². The van der Waals surface area contributed by atoms with E-state index in [0.29, 0.717) is 0 Å². The molecule has 0 heterocycles. The first-order chi connectivity index (χ1) is 5.63. The van der Waals surface area contributed by atoms with Gasteiger partial charge in [-0.1, -0.05) is 24.3 Å². The maximum Gasteiger partial charge on any atom is 0.0721 e. The molecule has 73 valence electrons. The Morgan fingerprint density at radius 1 is 0.923 bits per heavy atom. The summed E-state index contributed by atoms with van der Waals surface area (Å²) in [5.74, 6) is -3.04. The molecule has 0 N–H and O–H groups in total. The second-order valence-electron chi connectivity index (χ2n) is 2.12. The molecule has 4 nitrogen and oxygen atoms in total. The van der Waals surface area contributed by atoms with E-state index in [-0.39, 0.29) is 33.5 Å². The summed E-state index contributed by atoms with van der Waals surface area (Å²) < 4.78 is 0. The molecule has 0 atom stereocenters. The number of carbonyl (C=O) groups excluding carboxylic acids is 2. The molecule has 1 radical (unpaired) electrons. The fourth-order valence-corrected chi connectivity index (χ4v) is 0.839. The fourth-order valence-electron chi connectivity index (χ4n) is 0.839. The Morgan fingerprint density at radius 3 is 1.46 bits per heavy atom. The van der Waals surface area contributed by atoms with Crippen molar-refractivity contribution in [2.24, 2.45) is 0 Å². The summed E-state index contributed by atoms with van der Waals surface area (Å²) in [6.45, 7) is 0. The molecule has 0 aliphatic rings. The van der Waals surface area contributed by atoms with Gasteiger partial charge in [-0.3, -0.25) is 0 Å². The van der Waals surface area contributed by atoms with Crippen molar-refractivity contribution in [1.82, 2.24) is 0 Å². The minimum atomic E-state index is -1.52. The van der Waals surface area contributed by atoms with Gasteiger partial charge in [0.2, 0.25) is 0 Å². The van der Waals surface area contributed by atoms with E-state index >= 15 is 0 Å². The number of carbonyl (C=O) groups is 2. The Kier molecular flexibility index (Phi) is 4.41. The fraction of sp³-hybridized carbons (Fsp3) is 0. The van der Waals surface area contributed by atoms with Gasteiger partial charge in [-0.05, 0) is 0 Å². The number of hydrogen-bond acceptors (Lipinski definition) is 4. The van der Waals surface area contributed by atoms with Gasteiger partial charge in [-0.15, -0.1) is 0 Å². The second-order valence-corrected chi connectivity index (χ2v) is 2.12. The average Bonchev–Trinajstić information content (AvgIpc) is 2.04. The largest absolute Gasteiger partial charge is 0.545 e. The van der Waals surface area contributed by atoms with Crippen LogP contribution in [0.1, 0.15) is 20.7 Å². The summed E-state index contributed by atoms with van der Waals surface area (Å²) in [6.07, 6.45) is 0. The Bertz CT molecular complexity index is 302. The number of benzene rings is 1. The third kappa shape index (κ3) is 2.69. The quantitative estimate of drug-likeness (QED) is 0.608. The summed E-state index contributed by atoms with van der Waals surface area (Å²) in [6, 6.07) is 5.14. The number of hydrogen-bond donors (Lipinski definition) is 0. The van der Waals surface area contributed by atoms with Gasteiger partial charge in [0, 0.05) is 33.5 Å². The van der Waals surface area contributed by atoms with Crippen molar-refractivity contribution in [2.75, 3.05) is 0 Å². The monoisotopic (exact) mass is 271 g/mol. The van der Waals surface area contributed by atoms with Gasteiger partial charge in [0.15, 0.2) is 0 Å². The molecular formula is C8H4AgO4-2.